The van der Waals surface area contributed by atoms with Gasteiger partial charge >= 0.3 is 12.1 Å². The maximum absolute atomic E-state index is 11.5. The molecule has 1 aliphatic rings. The van der Waals surface area contributed by atoms with Crippen LogP contribution in [-0.2, 0) is 9.53 Å². The van der Waals surface area contributed by atoms with Crippen LogP contribution in [0, 0.1) is 11.8 Å². The maximum atomic E-state index is 11.5. The number of hydrogen-bond donors (Lipinski definition) is 2. The minimum Gasteiger partial charge on any atom is -0.481 e. The van der Waals surface area contributed by atoms with Crippen LogP contribution in [0.1, 0.15) is 27.2 Å². The molecule has 2 atom stereocenters. The molecule has 0 saturated carbocycles. The van der Waals surface area contributed by atoms with Crippen molar-refractivity contribution in [2.24, 2.45) is 11.8 Å². The number of nitrogens with one attached hydrogen (secondary N) is 1. The fourth-order valence-corrected chi connectivity index (χ4v) is 3.09. The maximum Gasteiger partial charge on any atom is 0.407 e. The molecule has 18 heavy (non-hydrogen) atoms. The number of carbonyl (C=O) groups is 2. The predicted octanol–water partition coefficient (Wildman–Crippen LogP) is 1.97. The van der Waals surface area contributed by atoms with Crippen LogP contribution in [0.3, 0.4) is 0 Å². The molecule has 1 rings (SSSR count). The second-order valence-corrected chi connectivity index (χ2v) is 6.60. The Balaban J connectivity index is 2.41. The van der Waals surface area contributed by atoms with Gasteiger partial charge in [-0.25, -0.2) is 4.79 Å². The number of carboxylic acid groups (broad SMARTS) is 1. The normalized spacial score (nSPS) is 24.4. The molecule has 0 aromatic rings. The Bertz CT molecular complexity index is 314. The number of rotatable bonds is 3. The van der Waals surface area contributed by atoms with Gasteiger partial charge in [0.2, 0.25) is 0 Å². The Kier molecular flexibility index (Phi) is 5.31. The zero-order valence-electron chi connectivity index (χ0n) is 11.1. The summed E-state index contributed by atoms with van der Waals surface area (Å²) in [7, 11) is 0. The van der Waals surface area contributed by atoms with Gasteiger partial charge in [-0.05, 0) is 44.6 Å². The van der Waals surface area contributed by atoms with Crippen molar-refractivity contribution in [3.05, 3.63) is 0 Å². The standard InChI is InChI=1S/C12H21NO4S/c1-12(2,3)17-11(16)13-6-8-7-18-5-4-9(8)10(14)15/h8-9H,4-7H2,1-3H3,(H,13,16)(H,14,15)/t8-,9-/m1/s1. The first-order valence-corrected chi connectivity index (χ1v) is 7.22. The Labute approximate surface area is 112 Å². The van der Waals surface area contributed by atoms with Crippen LogP contribution in [0.4, 0.5) is 4.79 Å². The monoisotopic (exact) mass is 275 g/mol. The van der Waals surface area contributed by atoms with E-state index in [2.05, 4.69) is 5.32 Å². The van der Waals surface area contributed by atoms with Crippen molar-refractivity contribution in [1.29, 1.82) is 0 Å². The zero-order chi connectivity index (χ0) is 13.8. The molecule has 1 saturated heterocycles. The number of alkyl carbamates (subject to hydrolysis) is 1. The second-order valence-electron chi connectivity index (χ2n) is 5.45. The molecule has 1 heterocycles. The molecule has 1 fully saturated rings. The minimum atomic E-state index is -0.772. The SMILES string of the molecule is CC(C)(C)OC(=O)NC[C@@H]1CSCC[C@H]1C(=O)O. The van der Waals surface area contributed by atoms with E-state index in [9.17, 15) is 9.59 Å². The lowest BCUT2D eigenvalue weighted by molar-refractivity contribution is -0.143. The van der Waals surface area contributed by atoms with Crippen molar-refractivity contribution in [3.63, 3.8) is 0 Å². The summed E-state index contributed by atoms with van der Waals surface area (Å²) in [4.78, 5) is 22.6. The third kappa shape index (κ3) is 5.16. The average Bonchev–Trinajstić information content (AvgIpc) is 2.24. The van der Waals surface area contributed by atoms with E-state index in [1.807, 2.05) is 0 Å². The lowest BCUT2D eigenvalue weighted by atomic mass is 9.91. The third-order valence-electron chi connectivity index (χ3n) is 2.70. The highest BCUT2D eigenvalue weighted by Crippen LogP contribution is 2.28. The number of carboxylic acids is 1. The molecular formula is C12H21NO4S. The van der Waals surface area contributed by atoms with Crippen LogP contribution in [0.15, 0.2) is 0 Å². The summed E-state index contributed by atoms with van der Waals surface area (Å²) in [5, 5.41) is 11.8. The molecule has 0 unspecified atom stereocenters. The summed E-state index contributed by atoms with van der Waals surface area (Å²) < 4.78 is 5.12. The predicted molar refractivity (Wildman–Crippen MR) is 70.8 cm³/mol. The fraction of sp³-hybridized carbons (Fsp3) is 0.833. The zero-order valence-corrected chi connectivity index (χ0v) is 11.9. The molecule has 6 heteroatoms. The van der Waals surface area contributed by atoms with E-state index < -0.39 is 17.7 Å². The van der Waals surface area contributed by atoms with Crippen molar-refractivity contribution >= 4 is 23.8 Å². The highest BCUT2D eigenvalue weighted by molar-refractivity contribution is 7.99. The Morgan fingerprint density at radius 2 is 2.11 bits per heavy atom. The van der Waals surface area contributed by atoms with Gasteiger partial charge in [0.25, 0.3) is 0 Å². The molecule has 1 aliphatic heterocycles. The van der Waals surface area contributed by atoms with Crippen molar-refractivity contribution in [2.45, 2.75) is 32.8 Å². The van der Waals surface area contributed by atoms with Gasteiger partial charge in [-0.2, -0.15) is 11.8 Å². The molecule has 1 amide bonds. The van der Waals surface area contributed by atoms with Crippen molar-refractivity contribution < 1.29 is 19.4 Å². The lowest BCUT2D eigenvalue weighted by Gasteiger charge is -2.28. The van der Waals surface area contributed by atoms with E-state index in [-0.39, 0.29) is 11.8 Å². The van der Waals surface area contributed by atoms with Crippen molar-refractivity contribution in [3.8, 4) is 0 Å². The molecular weight excluding hydrogens is 254 g/mol. The summed E-state index contributed by atoms with van der Waals surface area (Å²) in [5.74, 6) is 0.494. The fourth-order valence-electron chi connectivity index (χ4n) is 1.85. The van der Waals surface area contributed by atoms with Crippen LogP contribution in [0.25, 0.3) is 0 Å². The van der Waals surface area contributed by atoms with E-state index in [1.165, 1.54) is 0 Å². The first-order valence-electron chi connectivity index (χ1n) is 6.07. The van der Waals surface area contributed by atoms with Gasteiger partial charge in [0.1, 0.15) is 5.60 Å². The van der Waals surface area contributed by atoms with Gasteiger partial charge in [-0.3, -0.25) is 4.79 Å². The molecule has 2 N–H and O–H groups in total. The Hall–Kier alpha value is -0.910. The number of aliphatic carboxylic acids is 1. The summed E-state index contributed by atoms with van der Waals surface area (Å²) in [6.45, 7) is 5.74. The van der Waals surface area contributed by atoms with Crippen LogP contribution in [-0.4, -0.2) is 40.8 Å². The molecule has 0 bridgehead atoms. The quantitative estimate of drug-likeness (QED) is 0.823. The van der Waals surface area contributed by atoms with E-state index in [0.29, 0.717) is 13.0 Å². The third-order valence-corrected chi connectivity index (χ3v) is 3.89. The number of amides is 1. The molecule has 0 aromatic heterocycles. The van der Waals surface area contributed by atoms with Gasteiger partial charge in [0, 0.05) is 6.54 Å². The second kappa shape index (κ2) is 6.31. The van der Waals surface area contributed by atoms with Gasteiger partial charge in [-0.1, -0.05) is 0 Å². The Morgan fingerprint density at radius 3 is 2.67 bits per heavy atom. The molecule has 0 spiro atoms. The van der Waals surface area contributed by atoms with E-state index in [0.717, 1.165) is 11.5 Å². The van der Waals surface area contributed by atoms with E-state index in [1.54, 1.807) is 32.5 Å². The average molecular weight is 275 g/mol. The number of thioether (sulfide) groups is 1. The molecule has 5 nitrogen and oxygen atoms in total. The van der Waals surface area contributed by atoms with Gasteiger partial charge < -0.3 is 15.2 Å². The summed E-state index contributed by atoms with van der Waals surface area (Å²) in [6.07, 6.45) is 0.183. The molecule has 0 aromatic carbocycles. The van der Waals surface area contributed by atoms with Crippen molar-refractivity contribution in [2.75, 3.05) is 18.1 Å². The molecule has 0 radical (unpaired) electrons. The highest BCUT2D eigenvalue weighted by Gasteiger charge is 2.31. The van der Waals surface area contributed by atoms with E-state index >= 15 is 0 Å². The topological polar surface area (TPSA) is 75.6 Å². The van der Waals surface area contributed by atoms with Crippen LogP contribution in [0.5, 0.6) is 0 Å². The van der Waals surface area contributed by atoms with Crippen molar-refractivity contribution in [1.82, 2.24) is 5.32 Å². The summed E-state index contributed by atoms with van der Waals surface area (Å²) in [6, 6.07) is 0. The van der Waals surface area contributed by atoms with Gasteiger partial charge in [-0.15, -0.1) is 0 Å². The minimum absolute atomic E-state index is 0.0197. The first-order chi connectivity index (χ1) is 8.29. The number of ether oxygens (including phenoxy) is 1. The lowest BCUT2D eigenvalue weighted by Crippen LogP contribution is -2.40. The molecule has 104 valence electrons. The Morgan fingerprint density at radius 1 is 1.44 bits per heavy atom. The summed E-state index contributed by atoms with van der Waals surface area (Å²) >= 11 is 1.73. The smallest absolute Gasteiger partial charge is 0.407 e. The highest BCUT2D eigenvalue weighted by atomic mass is 32.2. The van der Waals surface area contributed by atoms with Crippen LogP contribution < -0.4 is 5.32 Å². The van der Waals surface area contributed by atoms with Crippen LogP contribution >= 0.6 is 11.8 Å². The molecule has 0 aliphatic carbocycles. The first kappa shape index (κ1) is 15.1. The van der Waals surface area contributed by atoms with E-state index in [4.69, 9.17) is 9.84 Å². The number of hydrogen-bond acceptors (Lipinski definition) is 4. The van der Waals surface area contributed by atoms with Gasteiger partial charge in [0.15, 0.2) is 0 Å². The van der Waals surface area contributed by atoms with Gasteiger partial charge in [0.05, 0.1) is 5.92 Å². The van der Waals surface area contributed by atoms with Crippen LogP contribution in [0.2, 0.25) is 0 Å². The number of carbonyl (C=O) groups excluding carboxylic acids is 1. The summed E-state index contributed by atoms with van der Waals surface area (Å²) in [5.41, 5.74) is -0.530. The largest absolute Gasteiger partial charge is 0.481 e.